The third kappa shape index (κ3) is 9.53. The van der Waals surface area contributed by atoms with Crippen molar-refractivity contribution in [3.05, 3.63) is 0 Å². The Morgan fingerprint density at radius 2 is 1.93 bits per heavy atom. The van der Waals surface area contributed by atoms with E-state index in [4.69, 9.17) is 9.84 Å². The molecule has 0 aromatic rings. The van der Waals surface area contributed by atoms with Crippen molar-refractivity contribution in [1.29, 1.82) is 0 Å². The molecule has 0 aliphatic heterocycles. The molecule has 0 heterocycles. The summed E-state index contributed by atoms with van der Waals surface area (Å²) in [5.41, 5.74) is 0. The molecule has 4 heteroatoms. The number of carbonyl (C=O) groups is 1. The Hall–Kier alpha value is -0.770. The Balaban J connectivity index is 3.51. The lowest BCUT2D eigenvalue weighted by molar-refractivity contribution is 0.0390. The summed E-state index contributed by atoms with van der Waals surface area (Å²) in [6.45, 7) is 5.11. The largest absolute Gasteiger partial charge is 0.505 e. The molecule has 0 saturated heterocycles. The minimum Gasteiger partial charge on any atom is -0.450 e. The summed E-state index contributed by atoms with van der Waals surface area (Å²) in [4.78, 5) is 10.1. The first kappa shape index (κ1) is 14.2. The van der Waals surface area contributed by atoms with Crippen LogP contribution in [0.4, 0.5) is 4.79 Å². The van der Waals surface area contributed by atoms with Crippen LogP contribution in [-0.4, -0.2) is 30.6 Å². The number of hydrogen-bond donors (Lipinski definition) is 1. The smallest absolute Gasteiger partial charge is 0.450 e. The molecule has 0 aliphatic rings. The lowest BCUT2D eigenvalue weighted by atomic mass is 10.1. The van der Waals surface area contributed by atoms with Gasteiger partial charge in [0.05, 0.1) is 12.7 Å². The molecule has 90 valence electrons. The minimum atomic E-state index is -1.20. The first-order valence-electron chi connectivity index (χ1n) is 5.68. The lowest BCUT2D eigenvalue weighted by Gasteiger charge is -2.16. The summed E-state index contributed by atoms with van der Waals surface area (Å²) in [7, 11) is 0. The second-order valence-corrected chi connectivity index (χ2v) is 3.48. The SMILES string of the molecule is CCCCC(CCCOC(=O)O)OCC. The van der Waals surface area contributed by atoms with Crippen LogP contribution < -0.4 is 0 Å². The Morgan fingerprint density at radius 1 is 1.27 bits per heavy atom. The Labute approximate surface area is 91.6 Å². The monoisotopic (exact) mass is 218 g/mol. The molecule has 0 amide bonds. The van der Waals surface area contributed by atoms with E-state index in [0.717, 1.165) is 32.1 Å². The van der Waals surface area contributed by atoms with Crippen molar-refractivity contribution in [2.45, 2.75) is 52.1 Å². The molecule has 0 fully saturated rings. The minimum absolute atomic E-state index is 0.257. The summed E-state index contributed by atoms with van der Waals surface area (Å²) in [5.74, 6) is 0. The first-order valence-corrected chi connectivity index (χ1v) is 5.68. The third-order valence-corrected chi connectivity index (χ3v) is 2.18. The zero-order valence-electron chi connectivity index (χ0n) is 9.70. The van der Waals surface area contributed by atoms with Gasteiger partial charge in [0.2, 0.25) is 0 Å². The van der Waals surface area contributed by atoms with E-state index >= 15 is 0 Å². The number of rotatable bonds is 9. The Bertz CT molecular complexity index is 159. The third-order valence-electron chi connectivity index (χ3n) is 2.18. The molecule has 0 bridgehead atoms. The second kappa shape index (κ2) is 9.77. The van der Waals surface area contributed by atoms with Crippen LogP contribution >= 0.6 is 0 Å². The van der Waals surface area contributed by atoms with Crippen molar-refractivity contribution in [1.82, 2.24) is 0 Å². The maximum Gasteiger partial charge on any atom is 0.505 e. The number of unbranched alkanes of at least 4 members (excludes halogenated alkanes) is 1. The van der Waals surface area contributed by atoms with Crippen LogP contribution in [0.15, 0.2) is 0 Å². The average molecular weight is 218 g/mol. The van der Waals surface area contributed by atoms with E-state index in [1.165, 1.54) is 0 Å². The van der Waals surface area contributed by atoms with Gasteiger partial charge in [-0.1, -0.05) is 19.8 Å². The van der Waals surface area contributed by atoms with Crippen LogP contribution in [0.1, 0.15) is 46.0 Å². The average Bonchev–Trinajstić information content (AvgIpc) is 2.20. The van der Waals surface area contributed by atoms with E-state index in [2.05, 4.69) is 11.7 Å². The van der Waals surface area contributed by atoms with Crippen molar-refractivity contribution >= 4 is 6.16 Å². The first-order chi connectivity index (χ1) is 7.20. The highest BCUT2D eigenvalue weighted by Gasteiger charge is 2.08. The molecule has 1 atom stereocenters. The molecule has 0 spiro atoms. The van der Waals surface area contributed by atoms with Crippen LogP contribution in [0, 0.1) is 0 Å². The molecule has 1 unspecified atom stereocenters. The molecular weight excluding hydrogens is 196 g/mol. The van der Waals surface area contributed by atoms with E-state index < -0.39 is 6.16 Å². The molecule has 4 nitrogen and oxygen atoms in total. The number of hydrogen-bond acceptors (Lipinski definition) is 3. The number of ether oxygens (including phenoxy) is 2. The second-order valence-electron chi connectivity index (χ2n) is 3.48. The quantitative estimate of drug-likeness (QED) is 0.477. The van der Waals surface area contributed by atoms with E-state index in [9.17, 15) is 4.79 Å². The summed E-state index contributed by atoms with van der Waals surface area (Å²) < 4.78 is 9.98. The van der Waals surface area contributed by atoms with Gasteiger partial charge in [0.25, 0.3) is 0 Å². The zero-order chi connectivity index (χ0) is 11.5. The van der Waals surface area contributed by atoms with Crippen molar-refractivity contribution in [3.63, 3.8) is 0 Å². The fourth-order valence-corrected chi connectivity index (χ4v) is 1.45. The van der Waals surface area contributed by atoms with Crippen LogP contribution in [0.5, 0.6) is 0 Å². The van der Waals surface area contributed by atoms with Crippen molar-refractivity contribution < 1.29 is 19.4 Å². The van der Waals surface area contributed by atoms with E-state index in [-0.39, 0.29) is 12.7 Å². The topological polar surface area (TPSA) is 55.8 Å². The molecule has 1 N–H and O–H groups in total. The molecule has 0 radical (unpaired) electrons. The maximum atomic E-state index is 10.1. The highest BCUT2D eigenvalue weighted by molar-refractivity contribution is 5.56. The normalized spacial score (nSPS) is 12.4. The van der Waals surface area contributed by atoms with Gasteiger partial charge in [-0.15, -0.1) is 0 Å². The molecule has 0 aromatic heterocycles. The van der Waals surface area contributed by atoms with Crippen LogP contribution in [0.25, 0.3) is 0 Å². The summed E-state index contributed by atoms with van der Waals surface area (Å²) >= 11 is 0. The molecular formula is C11H22O4. The van der Waals surface area contributed by atoms with Crippen molar-refractivity contribution in [2.24, 2.45) is 0 Å². The van der Waals surface area contributed by atoms with E-state index in [1.54, 1.807) is 0 Å². The zero-order valence-corrected chi connectivity index (χ0v) is 9.70. The summed E-state index contributed by atoms with van der Waals surface area (Å²) in [6, 6.07) is 0. The highest BCUT2D eigenvalue weighted by Crippen LogP contribution is 2.11. The van der Waals surface area contributed by atoms with Gasteiger partial charge < -0.3 is 14.6 Å². The van der Waals surface area contributed by atoms with Gasteiger partial charge in [-0.3, -0.25) is 0 Å². The van der Waals surface area contributed by atoms with Crippen molar-refractivity contribution in [3.8, 4) is 0 Å². The van der Waals surface area contributed by atoms with Crippen LogP contribution in [-0.2, 0) is 9.47 Å². The van der Waals surface area contributed by atoms with Gasteiger partial charge in [0.15, 0.2) is 0 Å². The maximum absolute atomic E-state index is 10.1. The standard InChI is InChI=1S/C11H22O4/c1-3-5-7-10(14-4-2)8-6-9-15-11(12)13/h10H,3-9H2,1-2H3,(H,12,13). The fraction of sp³-hybridized carbons (Fsp3) is 0.909. The fourth-order valence-electron chi connectivity index (χ4n) is 1.45. The Morgan fingerprint density at radius 3 is 2.47 bits per heavy atom. The molecule has 0 rings (SSSR count). The summed E-state index contributed by atoms with van der Waals surface area (Å²) in [5, 5.41) is 8.27. The van der Waals surface area contributed by atoms with Gasteiger partial charge >= 0.3 is 6.16 Å². The predicted molar refractivity (Wildman–Crippen MR) is 58.1 cm³/mol. The predicted octanol–water partition coefficient (Wildman–Crippen LogP) is 3.06. The van der Waals surface area contributed by atoms with Gasteiger partial charge in [0.1, 0.15) is 0 Å². The molecule has 0 aliphatic carbocycles. The molecule has 15 heavy (non-hydrogen) atoms. The summed E-state index contributed by atoms with van der Waals surface area (Å²) in [6.07, 6.45) is 4.04. The molecule has 0 aromatic carbocycles. The van der Waals surface area contributed by atoms with E-state index in [1.807, 2.05) is 6.92 Å². The Kier molecular flexibility index (Phi) is 9.27. The van der Waals surface area contributed by atoms with Crippen LogP contribution in [0.2, 0.25) is 0 Å². The lowest BCUT2D eigenvalue weighted by Crippen LogP contribution is -2.14. The van der Waals surface area contributed by atoms with Gasteiger partial charge in [0, 0.05) is 6.61 Å². The van der Waals surface area contributed by atoms with Crippen LogP contribution in [0.3, 0.4) is 0 Å². The molecule has 0 saturated carbocycles. The highest BCUT2D eigenvalue weighted by atomic mass is 16.7. The van der Waals surface area contributed by atoms with E-state index in [0.29, 0.717) is 6.61 Å². The van der Waals surface area contributed by atoms with Gasteiger partial charge in [-0.2, -0.15) is 0 Å². The van der Waals surface area contributed by atoms with Gasteiger partial charge in [-0.25, -0.2) is 4.79 Å². The van der Waals surface area contributed by atoms with Crippen molar-refractivity contribution in [2.75, 3.05) is 13.2 Å². The van der Waals surface area contributed by atoms with Gasteiger partial charge in [-0.05, 0) is 26.2 Å². The number of carboxylic acid groups (broad SMARTS) is 1.